The van der Waals surface area contributed by atoms with Gasteiger partial charge >= 0.3 is 0 Å². The van der Waals surface area contributed by atoms with Gasteiger partial charge in [-0.1, -0.05) is 0 Å². The topological polar surface area (TPSA) is 50.8 Å². The number of carbonyl (C=O) groups is 1. The van der Waals surface area contributed by atoms with E-state index in [1.54, 1.807) is 26.4 Å². The Labute approximate surface area is 119 Å². The summed E-state index contributed by atoms with van der Waals surface area (Å²) in [4.78, 5) is 14.4. The molecule has 1 aromatic rings. The third-order valence-electron chi connectivity index (χ3n) is 3.66. The number of ether oxygens (including phenoxy) is 2. The summed E-state index contributed by atoms with van der Waals surface area (Å²) < 4.78 is 10.6. The van der Waals surface area contributed by atoms with Gasteiger partial charge in [-0.05, 0) is 26.0 Å². The first-order chi connectivity index (χ1) is 9.56. The molecule has 5 heteroatoms. The van der Waals surface area contributed by atoms with Crippen LogP contribution < -0.4 is 14.8 Å². The fourth-order valence-electron chi connectivity index (χ4n) is 2.51. The molecule has 1 aliphatic heterocycles. The predicted octanol–water partition coefficient (Wildman–Crippen LogP) is 1.45. The average Bonchev–Trinajstić information content (AvgIpc) is 2.46. The SMILES string of the molecule is COc1cc(C(=O)N2CCN[C@H](C)C2)cc(OC)c1C. The van der Waals surface area contributed by atoms with Crippen LogP contribution >= 0.6 is 0 Å². The monoisotopic (exact) mass is 278 g/mol. The molecule has 20 heavy (non-hydrogen) atoms. The minimum absolute atomic E-state index is 0.0231. The van der Waals surface area contributed by atoms with Crippen molar-refractivity contribution in [2.45, 2.75) is 19.9 Å². The lowest BCUT2D eigenvalue weighted by Crippen LogP contribution is -2.51. The summed E-state index contributed by atoms with van der Waals surface area (Å²) in [6.45, 7) is 6.26. The number of methoxy groups -OCH3 is 2. The van der Waals surface area contributed by atoms with Crippen molar-refractivity contribution >= 4 is 5.91 Å². The van der Waals surface area contributed by atoms with Crippen LogP contribution in [0.15, 0.2) is 12.1 Å². The molecule has 1 amide bonds. The molecule has 1 aliphatic rings. The molecule has 1 N–H and O–H groups in total. The van der Waals surface area contributed by atoms with Crippen molar-refractivity contribution in [2.75, 3.05) is 33.9 Å². The molecule has 1 aromatic carbocycles. The largest absolute Gasteiger partial charge is 0.496 e. The second kappa shape index (κ2) is 6.13. The van der Waals surface area contributed by atoms with Crippen LogP contribution in [0.2, 0.25) is 0 Å². The zero-order valence-corrected chi connectivity index (χ0v) is 12.5. The van der Waals surface area contributed by atoms with Gasteiger partial charge in [0.2, 0.25) is 0 Å². The number of hydrogen-bond donors (Lipinski definition) is 1. The summed E-state index contributed by atoms with van der Waals surface area (Å²) in [5, 5.41) is 3.33. The minimum atomic E-state index is 0.0231. The molecule has 0 aromatic heterocycles. The quantitative estimate of drug-likeness (QED) is 0.909. The van der Waals surface area contributed by atoms with Crippen LogP contribution in [0, 0.1) is 6.92 Å². The highest BCUT2D eigenvalue weighted by molar-refractivity contribution is 5.95. The highest BCUT2D eigenvalue weighted by atomic mass is 16.5. The van der Waals surface area contributed by atoms with Crippen molar-refractivity contribution in [3.63, 3.8) is 0 Å². The first-order valence-corrected chi connectivity index (χ1v) is 6.82. The lowest BCUT2D eigenvalue weighted by Gasteiger charge is -2.32. The number of hydrogen-bond acceptors (Lipinski definition) is 4. The molecule has 1 heterocycles. The summed E-state index contributed by atoms with van der Waals surface area (Å²) >= 11 is 0. The Bertz CT molecular complexity index is 477. The lowest BCUT2D eigenvalue weighted by atomic mass is 10.1. The number of nitrogens with zero attached hydrogens (tertiary/aromatic N) is 1. The molecule has 0 spiro atoms. The zero-order chi connectivity index (χ0) is 14.7. The first-order valence-electron chi connectivity index (χ1n) is 6.82. The minimum Gasteiger partial charge on any atom is -0.496 e. The van der Waals surface area contributed by atoms with Crippen LogP contribution in [0.4, 0.5) is 0 Å². The molecular weight excluding hydrogens is 256 g/mol. The van der Waals surface area contributed by atoms with Gasteiger partial charge in [0.25, 0.3) is 5.91 Å². The molecule has 0 radical (unpaired) electrons. The van der Waals surface area contributed by atoms with Crippen LogP contribution in [0.1, 0.15) is 22.8 Å². The van der Waals surface area contributed by atoms with Gasteiger partial charge in [-0.25, -0.2) is 0 Å². The summed E-state index contributed by atoms with van der Waals surface area (Å²) in [6, 6.07) is 3.89. The summed E-state index contributed by atoms with van der Waals surface area (Å²) in [7, 11) is 3.20. The van der Waals surface area contributed by atoms with E-state index in [-0.39, 0.29) is 5.91 Å². The van der Waals surface area contributed by atoms with Crippen LogP contribution in [0.5, 0.6) is 11.5 Å². The van der Waals surface area contributed by atoms with Crippen molar-refractivity contribution in [3.8, 4) is 11.5 Å². The molecule has 5 nitrogen and oxygen atoms in total. The van der Waals surface area contributed by atoms with Gasteiger partial charge in [0.05, 0.1) is 14.2 Å². The summed E-state index contributed by atoms with van der Waals surface area (Å²) in [5.74, 6) is 1.38. The van der Waals surface area contributed by atoms with Gasteiger partial charge in [0.15, 0.2) is 0 Å². The number of carbonyl (C=O) groups excluding carboxylic acids is 1. The van der Waals surface area contributed by atoms with Crippen molar-refractivity contribution < 1.29 is 14.3 Å². The second-order valence-corrected chi connectivity index (χ2v) is 5.11. The molecule has 110 valence electrons. The summed E-state index contributed by atoms with van der Waals surface area (Å²) in [6.07, 6.45) is 0. The molecule has 0 aliphatic carbocycles. The molecule has 0 saturated carbocycles. The maximum Gasteiger partial charge on any atom is 0.254 e. The van der Waals surface area contributed by atoms with Crippen LogP contribution in [-0.2, 0) is 0 Å². The smallest absolute Gasteiger partial charge is 0.254 e. The highest BCUT2D eigenvalue weighted by Crippen LogP contribution is 2.30. The average molecular weight is 278 g/mol. The molecule has 1 fully saturated rings. The normalized spacial score (nSPS) is 18.8. The van der Waals surface area contributed by atoms with Gasteiger partial charge in [0, 0.05) is 36.8 Å². The number of rotatable bonds is 3. The van der Waals surface area contributed by atoms with E-state index in [0.717, 1.165) is 25.2 Å². The third-order valence-corrected chi connectivity index (χ3v) is 3.66. The standard InChI is InChI=1S/C15H22N2O3/c1-10-9-17(6-5-16-10)15(18)12-7-13(19-3)11(2)14(8-12)20-4/h7-8,10,16H,5-6,9H2,1-4H3/t10-/m1/s1. The molecular formula is C15H22N2O3. The van der Waals surface area contributed by atoms with E-state index in [2.05, 4.69) is 12.2 Å². The Hall–Kier alpha value is -1.75. The number of nitrogens with one attached hydrogen (secondary N) is 1. The fourth-order valence-corrected chi connectivity index (χ4v) is 2.51. The van der Waals surface area contributed by atoms with E-state index in [1.165, 1.54) is 0 Å². The Morgan fingerprint density at radius 2 is 1.90 bits per heavy atom. The highest BCUT2D eigenvalue weighted by Gasteiger charge is 2.23. The predicted molar refractivity (Wildman–Crippen MR) is 77.7 cm³/mol. The zero-order valence-electron chi connectivity index (χ0n) is 12.5. The van der Waals surface area contributed by atoms with Crippen LogP contribution in [0.25, 0.3) is 0 Å². The van der Waals surface area contributed by atoms with E-state index in [0.29, 0.717) is 23.1 Å². The molecule has 2 rings (SSSR count). The maximum atomic E-state index is 12.6. The number of amides is 1. The lowest BCUT2D eigenvalue weighted by molar-refractivity contribution is 0.0708. The van der Waals surface area contributed by atoms with Gasteiger partial charge < -0.3 is 19.7 Å². The van der Waals surface area contributed by atoms with Gasteiger partial charge in [0.1, 0.15) is 11.5 Å². The Morgan fingerprint density at radius 1 is 1.30 bits per heavy atom. The van der Waals surface area contributed by atoms with E-state index in [1.807, 2.05) is 11.8 Å². The van der Waals surface area contributed by atoms with Crippen molar-refractivity contribution in [3.05, 3.63) is 23.3 Å². The molecule has 0 bridgehead atoms. The Balaban J connectivity index is 2.29. The molecule has 1 saturated heterocycles. The van der Waals surface area contributed by atoms with Crippen molar-refractivity contribution in [1.29, 1.82) is 0 Å². The maximum absolute atomic E-state index is 12.6. The number of piperazine rings is 1. The third kappa shape index (κ3) is 2.88. The van der Waals surface area contributed by atoms with E-state index in [9.17, 15) is 4.79 Å². The Kier molecular flexibility index (Phi) is 4.49. The van der Waals surface area contributed by atoms with Gasteiger partial charge in [-0.2, -0.15) is 0 Å². The first kappa shape index (κ1) is 14.7. The van der Waals surface area contributed by atoms with Gasteiger partial charge in [-0.3, -0.25) is 4.79 Å². The van der Waals surface area contributed by atoms with E-state index >= 15 is 0 Å². The molecule has 1 atom stereocenters. The van der Waals surface area contributed by atoms with Crippen molar-refractivity contribution in [2.24, 2.45) is 0 Å². The van der Waals surface area contributed by atoms with Crippen molar-refractivity contribution in [1.82, 2.24) is 10.2 Å². The fraction of sp³-hybridized carbons (Fsp3) is 0.533. The van der Waals surface area contributed by atoms with Crippen LogP contribution in [-0.4, -0.2) is 50.7 Å². The number of benzene rings is 1. The van der Waals surface area contributed by atoms with Gasteiger partial charge in [-0.15, -0.1) is 0 Å². The second-order valence-electron chi connectivity index (χ2n) is 5.11. The van der Waals surface area contributed by atoms with E-state index < -0.39 is 0 Å². The summed E-state index contributed by atoms with van der Waals surface area (Å²) in [5.41, 5.74) is 1.51. The molecule has 0 unspecified atom stereocenters. The van der Waals surface area contributed by atoms with E-state index in [4.69, 9.17) is 9.47 Å². The Morgan fingerprint density at radius 3 is 2.40 bits per heavy atom. The van der Waals surface area contributed by atoms with Crippen LogP contribution in [0.3, 0.4) is 0 Å².